The van der Waals surface area contributed by atoms with Crippen molar-refractivity contribution in [3.05, 3.63) is 0 Å². The predicted octanol–water partition coefficient (Wildman–Crippen LogP) is 3.33. The summed E-state index contributed by atoms with van der Waals surface area (Å²) >= 11 is 0. The van der Waals surface area contributed by atoms with Gasteiger partial charge in [0.25, 0.3) is 0 Å². The van der Waals surface area contributed by atoms with Gasteiger partial charge in [-0.3, -0.25) is 0 Å². The summed E-state index contributed by atoms with van der Waals surface area (Å²) in [5.41, 5.74) is 0. The van der Waals surface area contributed by atoms with Crippen LogP contribution in [0.15, 0.2) is 0 Å². The van der Waals surface area contributed by atoms with Crippen LogP contribution in [0.4, 0.5) is 0 Å². The third kappa shape index (κ3) is 0.0316. The maximum atomic E-state index is 12.2. The van der Waals surface area contributed by atoms with Crippen LogP contribution < -0.4 is 0 Å². The number of fused-ring (bicyclic) bond motifs is 10. The molecule has 0 N–H and O–H groups in total. The zero-order valence-electron chi connectivity index (χ0n) is 7.92. The number of rotatable bonds is 1. The fourth-order valence-corrected chi connectivity index (χ4v) is 79.1. The van der Waals surface area contributed by atoms with E-state index in [1.807, 2.05) is 6.92 Å². The number of carbonyl (C=O) groups is 1. The molecule has 0 aromatic rings. The van der Waals surface area contributed by atoms with E-state index in [1.165, 1.54) is 44.0 Å². The zero-order valence-corrected chi connectivity index (χ0v) is 8.91. The molecule has 10 aliphatic rings. The number of hydrogen-bond donors (Lipinski definition) is 0. The Morgan fingerprint density at radius 2 is 1.36 bits per heavy atom. The van der Waals surface area contributed by atoms with Crippen LogP contribution >= 0.6 is 0 Å². The van der Waals surface area contributed by atoms with Gasteiger partial charge in [0.15, 0.2) is 0 Å². The molecule has 10 heterocycles. The quantitative estimate of drug-likeness (QED) is 0.632. The zero-order chi connectivity index (χ0) is 8.59. The van der Waals surface area contributed by atoms with E-state index < -0.39 is 6.23 Å². The topological polar surface area (TPSA) is 17.1 Å². The average molecular weight is 231 g/mol. The van der Waals surface area contributed by atoms with Gasteiger partial charge in [-0.25, -0.2) is 0 Å². The van der Waals surface area contributed by atoms with E-state index in [9.17, 15) is 4.79 Å². The molecule has 10 saturated heterocycles. The van der Waals surface area contributed by atoms with Crippen LogP contribution in [-0.4, -0.2) is 5.78 Å². The predicted molar refractivity (Wildman–Crippen MR) is 47.1 cm³/mol. The van der Waals surface area contributed by atoms with Gasteiger partial charge in [0.05, 0.1) is 0 Å². The molecule has 10 fully saturated rings. The SMILES string of the molecule is CC(=O)[C]12[CH]3[CH]4[CH]5[CH]1[Ni]45321678[CH]2[CH]1[CH]6[CH]7[CH]28. The second-order valence-electron chi connectivity index (χ2n) is 9.44. The van der Waals surface area contributed by atoms with Crippen LogP contribution in [0.5, 0.6) is 0 Å². The summed E-state index contributed by atoms with van der Waals surface area (Å²) in [6.45, 7) is 1.98. The summed E-state index contributed by atoms with van der Waals surface area (Å²) in [7, 11) is 0. The molecule has 0 amide bonds. The Morgan fingerprint density at radius 1 is 0.929 bits per heavy atom. The molecule has 10 rings (SSSR count). The minimum absolute atomic E-state index is 0.542. The standard InChI is InChI=1S/C7H7O.C5H5.Ni/c1-6(8)7-4-2-3-5-7;1-2-4-5-3-1;/h2-5H,1H3;1-5H;. The van der Waals surface area contributed by atoms with Crippen LogP contribution in [0.3, 0.4) is 0 Å². The van der Waals surface area contributed by atoms with Crippen molar-refractivity contribution in [2.24, 2.45) is 0 Å². The van der Waals surface area contributed by atoms with E-state index in [-0.39, 0.29) is 0 Å². The first-order valence-corrected chi connectivity index (χ1v) is 11.6. The Morgan fingerprint density at radius 3 is 1.43 bits per heavy atom. The van der Waals surface area contributed by atoms with Gasteiger partial charge in [-0.15, -0.1) is 0 Å². The average Bonchev–Trinajstić information content (AvgIpc) is 3.13. The fraction of sp³-hybridized carbons (Fsp3) is 0.917. The van der Waals surface area contributed by atoms with Crippen molar-refractivity contribution >= 4 is 5.78 Å². The molecule has 2 heteroatoms. The van der Waals surface area contributed by atoms with Crippen LogP contribution in [0.1, 0.15) is 6.92 Å². The van der Waals surface area contributed by atoms with Gasteiger partial charge in [0.2, 0.25) is 0 Å². The van der Waals surface area contributed by atoms with Crippen molar-refractivity contribution in [3.8, 4) is 0 Å². The molecule has 0 aromatic heterocycles. The molecule has 0 radical (unpaired) electrons. The normalized spacial score (nSPS) is 142. The molecule has 0 bridgehead atoms. The Hall–Kier alpha value is 0.164. The molecule has 4 unspecified atom stereocenters. The van der Waals surface area contributed by atoms with Crippen molar-refractivity contribution in [2.45, 2.75) is 55.3 Å². The molecular formula is C12H12NiO. The van der Waals surface area contributed by atoms with Crippen molar-refractivity contribution in [2.75, 3.05) is 0 Å². The van der Waals surface area contributed by atoms with Crippen LogP contribution in [-0.2, 0) is 11.0 Å². The van der Waals surface area contributed by atoms with Crippen LogP contribution in [0.2, 0.25) is 48.4 Å². The monoisotopic (exact) mass is 230 g/mol. The molecular weight excluding hydrogens is 219 g/mol. The van der Waals surface area contributed by atoms with Gasteiger partial charge < -0.3 is 0 Å². The summed E-state index contributed by atoms with van der Waals surface area (Å²) in [6.07, 6.45) is -2.75. The summed E-state index contributed by atoms with van der Waals surface area (Å²) in [6, 6.07) is 0. The molecule has 10 aliphatic heterocycles. The molecule has 1 spiro atoms. The van der Waals surface area contributed by atoms with E-state index in [0.29, 0.717) is 4.38 Å². The second-order valence-corrected chi connectivity index (χ2v) is 30.5. The molecule has 0 saturated carbocycles. The molecule has 76 valence electrons. The summed E-state index contributed by atoms with van der Waals surface area (Å²) in [4.78, 5) is 23.8. The first-order chi connectivity index (χ1) is 6.49. The first kappa shape index (κ1) is 4.57. The fourth-order valence-electron chi connectivity index (χ4n) is 15.3. The summed E-state index contributed by atoms with van der Waals surface area (Å²) in [5.74, 6) is 0.720. The van der Waals surface area contributed by atoms with Crippen LogP contribution in [0, 0.1) is 0 Å². The first-order valence-electron chi connectivity index (χ1n) is 6.00. The summed E-state index contributed by atoms with van der Waals surface area (Å²) in [5, 5.41) is 0. The second kappa shape index (κ2) is 0.296. The van der Waals surface area contributed by atoms with Crippen molar-refractivity contribution in [1.82, 2.24) is 0 Å². The van der Waals surface area contributed by atoms with Crippen LogP contribution in [0.25, 0.3) is 0 Å². The summed E-state index contributed by atoms with van der Waals surface area (Å²) < 4.78 is 0.542. The third-order valence-corrected chi connectivity index (χ3v) is 51.7. The van der Waals surface area contributed by atoms with Gasteiger partial charge in [-0.2, -0.15) is 0 Å². The van der Waals surface area contributed by atoms with Gasteiger partial charge in [-0.1, -0.05) is 0 Å². The van der Waals surface area contributed by atoms with Gasteiger partial charge in [0.1, 0.15) is 0 Å². The van der Waals surface area contributed by atoms with E-state index >= 15 is 0 Å². The Bertz CT molecular complexity index is 844. The molecule has 14 heavy (non-hydrogen) atoms. The van der Waals surface area contributed by atoms with Crippen molar-refractivity contribution in [3.63, 3.8) is 0 Å². The van der Waals surface area contributed by atoms with Gasteiger partial charge in [0, 0.05) is 0 Å². The number of carbonyl (C=O) groups excluding carboxylic acids is 1. The molecule has 4 atom stereocenters. The molecule has 1 nitrogen and oxygen atoms in total. The number of hydrogen-bond acceptors (Lipinski definition) is 1. The van der Waals surface area contributed by atoms with E-state index in [2.05, 4.69) is 0 Å². The third-order valence-electron chi connectivity index (χ3n) is 13.8. The van der Waals surface area contributed by atoms with Gasteiger partial charge >= 0.3 is 72.1 Å². The Kier molecular flexibility index (Phi) is 0.0966. The maximum absolute atomic E-state index is 12.2. The van der Waals surface area contributed by atoms with Crippen molar-refractivity contribution < 1.29 is 11.0 Å². The Labute approximate surface area is 72.4 Å². The minimum atomic E-state index is -2.75. The van der Waals surface area contributed by atoms with E-state index in [4.69, 9.17) is 0 Å². The molecule has 0 aliphatic carbocycles. The van der Waals surface area contributed by atoms with E-state index in [1.54, 1.807) is 0 Å². The Balaban J connectivity index is 1.98. The molecule has 0 aromatic carbocycles. The van der Waals surface area contributed by atoms with Gasteiger partial charge in [-0.05, 0) is 0 Å². The number of ketones is 1. The van der Waals surface area contributed by atoms with E-state index in [0.717, 1.165) is 5.78 Å². The van der Waals surface area contributed by atoms with Crippen molar-refractivity contribution in [1.29, 1.82) is 0 Å². The number of Topliss-reactive ketones (excluding diaryl/α,β-unsaturated/α-hetero) is 1.